The van der Waals surface area contributed by atoms with Crippen molar-refractivity contribution >= 4 is 39.3 Å². The third kappa shape index (κ3) is 1.65. The van der Waals surface area contributed by atoms with Gasteiger partial charge in [0.25, 0.3) is 0 Å². The molecule has 2 heterocycles. The topological polar surface area (TPSA) is 66.5 Å². The minimum absolute atomic E-state index is 0.151. The van der Waals surface area contributed by atoms with E-state index in [1.54, 1.807) is 6.07 Å². The summed E-state index contributed by atoms with van der Waals surface area (Å²) in [5.41, 5.74) is 0.131. The number of hydrogen-bond acceptors (Lipinski definition) is 3. The molecular weight excluding hydrogens is 355 g/mol. The Morgan fingerprint density at radius 3 is 2.64 bits per heavy atom. The van der Waals surface area contributed by atoms with Crippen LogP contribution in [0.5, 0.6) is 0 Å². The predicted octanol–water partition coefficient (Wildman–Crippen LogP) is 1.77. The van der Waals surface area contributed by atoms with Crippen molar-refractivity contribution in [2.45, 2.75) is 37.1 Å². The average molecular weight is 367 g/mol. The van der Waals surface area contributed by atoms with Crippen LogP contribution in [-0.4, -0.2) is 23.8 Å². The van der Waals surface area contributed by atoms with Crippen LogP contribution >= 0.6 is 15.9 Å². The second-order valence-electron chi connectivity index (χ2n) is 5.98. The van der Waals surface area contributed by atoms with Crippen LogP contribution in [0.1, 0.15) is 31.2 Å². The molecule has 1 spiro atoms. The zero-order valence-corrected chi connectivity index (χ0v) is 13.1. The number of anilines is 1. The first-order valence-electron chi connectivity index (χ1n) is 7.11. The van der Waals surface area contributed by atoms with E-state index < -0.39 is 23.2 Å². The molecule has 1 aliphatic carbocycles. The van der Waals surface area contributed by atoms with Gasteiger partial charge in [-0.1, -0.05) is 15.9 Å². The molecule has 0 aromatic heterocycles. The minimum atomic E-state index is -0.826. The van der Waals surface area contributed by atoms with E-state index >= 15 is 0 Å². The highest BCUT2D eigenvalue weighted by atomic mass is 79.9. The molecule has 22 heavy (non-hydrogen) atoms. The van der Waals surface area contributed by atoms with E-state index in [4.69, 9.17) is 0 Å². The lowest BCUT2D eigenvalue weighted by atomic mass is 9.98. The molecular formula is C15H12BrFN2O3. The summed E-state index contributed by atoms with van der Waals surface area (Å²) in [7, 11) is 0. The monoisotopic (exact) mass is 366 g/mol. The summed E-state index contributed by atoms with van der Waals surface area (Å²) in [5, 5.41) is 2.23. The van der Waals surface area contributed by atoms with Gasteiger partial charge in [0, 0.05) is 16.5 Å². The number of carbonyl (C=O) groups is 3. The summed E-state index contributed by atoms with van der Waals surface area (Å²) in [4.78, 5) is 37.5. The zero-order valence-electron chi connectivity index (χ0n) is 11.5. The fourth-order valence-corrected chi connectivity index (χ4v) is 4.19. The Kier molecular flexibility index (Phi) is 2.76. The molecule has 0 radical (unpaired) electrons. The number of amides is 3. The van der Waals surface area contributed by atoms with Gasteiger partial charge < -0.3 is 0 Å². The summed E-state index contributed by atoms with van der Waals surface area (Å²) in [5.74, 6) is -1.64. The Bertz CT molecular complexity index is 745. The number of rotatable bonds is 1. The second-order valence-corrected chi connectivity index (χ2v) is 6.83. The molecule has 114 valence electrons. The molecule has 0 bridgehead atoms. The lowest BCUT2D eigenvalue weighted by Gasteiger charge is -2.30. The number of carbonyl (C=O) groups excluding carboxylic acids is 3. The molecule has 3 amide bonds. The van der Waals surface area contributed by atoms with Crippen LogP contribution in [0.3, 0.4) is 0 Å². The molecule has 1 aromatic carbocycles. The normalized spacial score (nSPS) is 25.5. The van der Waals surface area contributed by atoms with E-state index in [0.29, 0.717) is 22.9 Å². The molecule has 1 atom stereocenters. The van der Waals surface area contributed by atoms with Crippen molar-refractivity contribution in [3.63, 3.8) is 0 Å². The van der Waals surface area contributed by atoms with Crippen LogP contribution < -0.4 is 10.2 Å². The number of nitrogens with one attached hydrogen (secondary N) is 1. The van der Waals surface area contributed by atoms with Gasteiger partial charge in [-0.25, -0.2) is 4.39 Å². The highest BCUT2D eigenvalue weighted by Crippen LogP contribution is 2.60. The van der Waals surface area contributed by atoms with E-state index in [2.05, 4.69) is 21.2 Å². The molecule has 7 heteroatoms. The minimum Gasteiger partial charge on any atom is -0.296 e. The van der Waals surface area contributed by atoms with Crippen LogP contribution in [0.25, 0.3) is 0 Å². The quantitative estimate of drug-likeness (QED) is 0.770. The standard InChI is InChI=1S/C15H12BrFN2O3/c16-7-1-2-8(17)12-11(7)15(5-6-15)14(22)19(12)9-3-4-10(20)18-13(9)21/h1-2,9H,3-6H2,(H,18,20,21). The third-order valence-electron chi connectivity index (χ3n) is 4.70. The Morgan fingerprint density at radius 2 is 2.00 bits per heavy atom. The summed E-state index contributed by atoms with van der Waals surface area (Å²) in [6, 6.07) is 2.05. The molecule has 2 aliphatic heterocycles. The molecule has 5 nitrogen and oxygen atoms in total. The van der Waals surface area contributed by atoms with E-state index in [0.717, 1.165) is 0 Å². The largest absolute Gasteiger partial charge is 0.296 e. The predicted molar refractivity (Wildman–Crippen MR) is 78.7 cm³/mol. The van der Waals surface area contributed by atoms with Gasteiger partial charge in [0.15, 0.2) is 0 Å². The number of nitrogens with zero attached hydrogens (tertiary/aromatic N) is 1. The maximum absolute atomic E-state index is 14.4. The van der Waals surface area contributed by atoms with Crippen LogP contribution in [0.4, 0.5) is 10.1 Å². The van der Waals surface area contributed by atoms with Gasteiger partial charge in [0.2, 0.25) is 17.7 Å². The molecule has 1 aromatic rings. The van der Waals surface area contributed by atoms with Gasteiger partial charge in [-0.2, -0.15) is 0 Å². The first kappa shape index (κ1) is 13.9. The number of hydrogen-bond donors (Lipinski definition) is 1. The smallest absolute Gasteiger partial charge is 0.249 e. The summed E-state index contributed by atoms with van der Waals surface area (Å²) in [6.45, 7) is 0. The molecule has 2 fully saturated rings. The van der Waals surface area contributed by atoms with Crippen LogP contribution in [-0.2, 0) is 19.8 Å². The second kappa shape index (κ2) is 4.38. The van der Waals surface area contributed by atoms with Crippen LogP contribution in [0.15, 0.2) is 16.6 Å². The summed E-state index contributed by atoms with van der Waals surface area (Å²) >= 11 is 3.40. The third-order valence-corrected chi connectivity index (χ3v) is 5.36. The summed E-state index contributed by atoms with van der Waals surface area (Å²) < 4.78 is 15.1. The van der Waals surface area contributed by atoms with Gasteiger partial charge >= 0.3 is 0 Å². The maximum atomic E-state index is 14.4. The van der Waals surface area contributed by atoms with Gasteiger partial charge in [-0.05, 0) is 31.4 Å². The van der Waals surface area contributed by atoms with Crippen molar-refractivity contribution in [3.8, 4) is 0 Å². The molecule has 1 N–H and O–H groups in total. The van der Waals surface area contributed by atoms with Crippen LogP contribution in [0.2, 0.25) is 0 Å². The first-order valence-corrected chi connectivity index (χ1v) is 7.91. The van der Waals surface area contributed by atoms with Gasteiger partial charge in [0.05, 0.1) is 11.1 Å². The first-order chi connectivity index (χ1) is 10.5. The van der Waals surface area contributed by atoms with Crippen molar-refractivity contribution < 1.29 is 18.8 Å². The van der Waals surface area contributed by atoms with Crippen molar-refractivity contribution in [1.82, 2.24) is 5.32 Å². The molecule has 3 aliphatic rings. The van der Waals surface area contributed by atoms with Crippen molar-refractivity contribution in [3.05, 3.63) is 28.0 Å². The Balaban J connectivity index is 1.86. The molecule has 1 saturated carbocycles. The molecule has 1 saturated heterocycles. The highest BCUT2D eigenvalue weighted by molar-refractivity contribution is 9.10. The number of imide groups is 1. The van der Waals surface area contributed by atoms with E-state index in [9.17, 15) is 18.8 Å². The average Bonchev–Trinajstić information content (AvgIpc) is 3.21. The lowest BCUT2D eigenvalue weighted by Crippen LogP contribution is -2.54. The van der Waals surface area contributed by atoms with Crippen LogP contribution in [0, 0.1) is 5.82 Å². The van der Waals surface area contributed by atoms with E-state index in [1.165, 1.54) is 11.0 Å². The van der Waals surface area contributed by atoms with E-state index in [1.807, 2.05) is 0 Å². The van der Waals surface area contributed by atoms with E-state index in [-0.39, 0.29) is 30.3 Å². The Labute approximate surface area is 134 Å². The Hall–Kier alpha value is -1.76. The number of fused-ring (bicyclic) bond motifs is 2. The Morgan fingerprint density at radius 1 is 1.27 bits per heavy atom. The zero-order chi connectivity index (χ0) is 15.6. The molecule has 1 unspecified atom stereocenters. The fourth-order valence-electron chi connectivity index (χ4n) is 3.49. The number of halogens is 2. The van der Waals surface area contributed by atoms with Crippen molar-refractivity contribution in [2.75, 3.05) is 4.90 Å². The van der Waals surface area contributed by atoms with Gasteiger partial charge in [0.1, 0.15) is 11.9 Å². The molecule has 4 rings (SSSR count). The lowest BCUT2D eigenvalue weighted by molar-refractivity contribution is -0.135. The maximum Gasteiger partial charge on any atom is 0.249 e. The van der Waals surface area contributed by atoms with Gasteiger partial charge in [-0.15, -0.1) is 0 Å². The fraction of sp³-hybridized carbons (Fsp3) is 0.400. The summed E-state index contributed by atoms with van der Waals surface area (Å²) in [6.07, 6.45) is 1.69. The van der Waals surface area contributed by atoms with Crippen molar-refractivity contribution in [2.24, 2.45) is 0 Å². The highest BCUT2D eigenvalue weighted by Gasteiger charge is 2.62. The number of piperidine rings is 1. The van der Waals surface area contributed by atoms with Crippen molar-refractivity contribution in [1.29, 1.82) is 0 Å². The van der Waals surface area contributed by atoms with Gasteiger partial charge in [-0.3, -0.25) is 24.6 Å². The number of benzene rings is 1. The SMILES string of the molecule is O=C1CCC(N2C(=O)C3(CC3)c3c(Br)ccc(F)c32)C(=O)N1.